The van der Waals surface area contributed by atoms with E-state index in [0.717, 1.165) is 4.90 Å². The van der Waals surface area contributed by atoms with E-state index in [0.29, 0.717) is 17.2 Å². The summed E-state index contributed by atoms with van der Waals surface area (Å²) in [7, 11) is 1.54. The summed E-state index contributed by atoms with van der Waals surface area (Å²) in [5.74, 6) is -1.80. The van der Waals surface area contributed by atoms with Gasteiger partial charge in [-0.15, -0.1) is 0 Å². The molecule has 0 aliphatic carbocycles. The highest BCUT2D eigenvalue weighted by Crippen LogP contribution is 2.32. The molecule has 0 spiro atoms. The molecule has 0 aromatic heterocycles. The lowest BCUT2D eigenvalue weighted by Gasteiger charge is -2.18. The van der Waals surface area contributed by atoms with Crippen molar-refractivity contribution in [1.29, 1.82) is 0 Å². The van der Waals surface area contributed by atoms with Crippen LogP contribution in [-0.2, 0) is 14.3 Å². The predicted molar refractivity (Wildman–Crippen MR) is 136 cm³/mol. The number of imide groups is 1. The molecule has 0 saturated carbocycles. The minimum atomic E-state index is -0.786. The van der Waals surface area contributed by atoms with Crippen molar-refractivity contribution in [2.24, 2.45) is 0 Å². The van der Waals surface area contributed by atoms with Gasteiger partial charge in [-0.05, 0) is 67.6 Å². The first-order valence-corrected chi connectivity index (χ1v) is 11.5. The van der Waals surface area contributed by atoms with Crippen LogP contribution >= 0.6 is 11.6 Å². The van der Waals surface area contributed by atoms with Gasteiger partial charge < -0.3 is 19.5 Å². The molecule has 0 radical (unpaired) electrons. The molecular formula is C27H21ClN2O7. The van der Waals surface area contributed by atoms with E-state index < -0.39 is 23.8 Å². The molecule has 10 heteroatoms. The van der Waals surface area contributed by atoms with Gasteiger partial charge in [0.25, 0.3) is 11.8 Å². The molecule has 188 valence electrons. The first-order chi connectivity index (χ1) is 17.8. The number of amides is 2. The van der Waals surface area contributed by atoms with E-state index in [-0.39, 0.29) is 34.2 Å². The average molecular weight is 521 g/mol. The van der Waals surface area contributed by atoms with Gasteiger partial charge in [0.15, 0.2) is 0 Å². The minimum absolute atomic E-state index is 0.0523. The maximum atomic E-state index is 13.2. The standard InChI is InChI=1S/C27H21ClN2O7/c1-3-36-27(34)20-6-4-5-7-21(20)30-24(31)22(28)23(25(30)32)29-17-10-8-16(9-11-17)26(33)37-19-14-12-18(35-2)13-15-19/h4-15,29H,3H2,1-2H3. The quantitative estimate of drug-likeness (QED) is 0.262. The monoisotopic (exact) mass is 520 g/mol. The van der Waals surface area contributed by atoms with Crippen LogP contribution in [-0.4, -0.2) is 37.5 Å². The second-order valence-electron chi connectivity index (χ2n) is 7.64. The second-order valence-corrected chi connectivity index (χ2v) is 8.02. The van der Waals surface area contributed by atoms with Crippen molar-refractivity contribution in [2.45, 2.75) is 6.92 Å². The van der Waals surface area contributed by atoms with E-state index in [1.54, 1.807) is 43.3 Å². The third kappa shape index (κ3) is 5.31. The average Bonchev–Trinajstić information content (AvgIpc) is 3.12. The van der Waals surface area contributed by atoms with Crippen LogP contribution in [0.25, 0.3) is 0 Å². The van der Waals surface area contributed by atoms with Crippen molar-refractivity contribution >= 4 is 46.7 Å². The van der Waals surface area contributed by atoms with Gasteiger partial charge in [-0.25, -0.2) is 14.5 Å². The molecule has 0 fully saturated rings. The molecule has 0 bridgehead atoms. The normalized spacial score (nSPS) is 13.0. The Kier molecular flexibility index (Phi) is 7.55. The predicted octanol–water partition coefficient (Wildman–Crippen LogP) is 4.53. The molecule has 1 N–H and O–H groups in total. The van der Waals surface area contributed by atoms with Crippen LogP contribution in [0.15, 0.2) is 83.5 Å². The number of esters is 2. The molecule has 1 aliphatic heterocycles. The zero-order valence-electron chi connectivity index (χ0n) is 19.8. The molecule has 0 saturated heterocycles. The minimum Gasteiger partial charge on any atom is -0.497 e. The van der Waals surface area contributed by atoms with Crippen molar-refractivity contribution in [2.75, 3.05) is 23.9 Å². The Bertz CT molecular complexity index is 1400. The first-order valence-electron chi connectivity index (χ1n) is 11.1. The Morgan fingerprint density at radius 2 is 1.51 bits per heavy atom. The molecule has 0 unspecified atom stereocenters. The second kappa shape index (κ2) is 11.0. The van der Waals surface area contributed by atoms with E-state index in [1.165, 1.54) is 43.5 Å². The number of benzene rings is 3. The molecule has 1 heterocycles. The molecule has 37 heavy (non-hydrogen) atoms. The number of rotatable bonds is 8. The van der Waals surface area contributed by atoms with Gasteiger partial charge in [-0.3, -0.25) is 9.59 Å². The van der Waals surface area contributed by atoms with E-state index in [2.05, 4.69) is 5.32 Å². The highest BCUT2D eigenvalue weighted by Gasteiger charge is 2.40. The summed E-state index contributed by atoms with van der Waals surface area (Å²) in [6.45, 7) is 1.78. The highest BCUT2D eigenvalue weighted by atomic mass is 35.5. The molecule has 3 aromatic rings. The Morgan fingerprint density at radius 1 is 0.865 bits per heavy atom. The summed E-state index contributed by atoms with van der Waals surface area (Å²) in [6, 6.07) is 18.7. The number of hydrogen-bond acceptors (Lipinski definition) is 8. The van der Waals surface area contributed by atoms with Gasteiger partial charge in [-0.2, -0.15) is 0 Å². The summed E-state index contributed by atoms with van der Waals surface area (Å²) in [5, 5.41) is 2.49. The van der Waals surface area contributed by atoms with E-state index in [9.17, 15) is 19.2 Å². The van der Waals surface area contributed by atoms with Gasteiger partial charge in [0, 0.05) is 5.69 Å². The fourth-order valence-corrected chi connectivity index (χ4v) is 3.74. The zero-order valence-corrected chi connectivity index (χ0v) is 20.6. The zero-order chi connectivity index (χ0) is 26.5. The number of hydrogen-bond donors (Lipinski definition) is 1. The summed E-state index contributed by atoms with van der Waals surface area (Å²) < 4.78 is 15.5. The number of methoxy groups -OCH3 is 1. The first kappa shape index (κ1) is 25.5. The molecule has 4 rings (SSSR count). The third-order valence-corrected chi connectivity index (χ3v) is 5.68. The molecule has 1 aliphatic rings. The van der Waals surface area contributed by atoms with Gasteiger partial charge in [0.05, 0.1) is 30.5 Å². The van der Waals surface area contributed by atoms with Gasteiger partial charge in [-0.1, -0.05) is 23.7 Å². The van der Waals surface area contributed by atoms with Crippen molar-refractivity contribution in [3.05, 3.63) is 94.7 Å². The van der Waals surface area contributed by atoms with Crippen LogP contribution in [0.5, 0.6) is 11.5 Å². The summed E-state index contributed by atoms with van der Waals surface area (Å²) in [4.78, 5) is 51.6. The van der Waals surface area contributed by atoms with E-state index in [1.807, 2.05) is 0 Å². The highest BCUT2D eigenvalue weighted by molar-refractivity contribution is 6.53. The van der Waals surface area contributed by atoms with E-state index in [4.69, 9.17) is 25.8 Å². The van der Waals surface area contributed by atoms with Crippen molar-refractivity contribution < 1.29 is 33.4 Å². The maximum Gasteiger partial charge on any atom is 0.343 e. The number of nitrogens with zero attached hydrogens (tertiary/aromatic N) is 1. The number of nitrogens with one attached hydrogen (secondary N) is 1. The number of carbonyl (C=O) groups excluding carboxylic acids is 4. The Hall–Kier alpha value is -4.63. The number of ether oxygens (including phenoxy) is 3. The van der Waals surface area contributed by atoms with Gasteiger partial charge >= 0.3 is 11.9 Å². The Morgan fingerprint density at radius 3 is 2.16 bits per heavy atom. The topological polar surface area (TPSA) is 111 Å². The van der Waals surface area contributed by atoms with Crippen LogP contribution in [0, 0.1) is 0 Å². The number of anilines is 2. The Labute approximate surface area is 217 Å². The summed E-state index contributed by atoms with van der Waals surface area (Å²) >= 11 is 6.21. The Balaban J connectivity index is 1.49. The van der Waals surface area contributed by atoms with Gasteiger partial charge in [0.1, 0.15) is 22.2 Å². The fourth-order valence-electron chi connectivity index (χ4n) is 3.52. The van der Waals surface area contributed by atoms with Crippen LogP contribution in [0.1, 0.15) is 27.6 Å². The molecule has 3 aromatic carbocycles. The maximum absolute atomic E-state index is 13.2. The van der Waals surface area contributed by atoms with Crippen LogP contribution < -0.4 is 19.7 Å². The lowest BCUT2D eigenvalue weighted by molar-refractivity contribution is -0.120. The van der Waals surface area contributed by atoms with Crippen LogP contribution in [0.4, 0.5) is 11.4 Å². The van der Waals surface area contributed by atoms with Crippen molar-refractivity contribution in [3.63, 3.8) is 0 Å². The third-order valence-electron chi connectivity index (χ3n) is 5.33. The van der Waals surface area contributed by atoms with Gasteiger partial charge in [0.2, 0.25) is 0 Å². The summed E-state index contributed by atoms with van der Waals surface area (Å²) in [5.41, 5.74) is 0.606. The number of halogens is 1. The lowest BCUT2D eigenvalue weighted by Crippen LogP contribution is -2.33. The number of para-hydroxylation sites is 1. The van der Waals surface area contributed by atoms with Crippen LogP contribution in [0.2, 0.25) is 0 Å². The molecule has 0 atom stereocenters. The summed E-state index contributed by atoms with van der Waals surface area (Å²) in [6.07, 6.45) is 0. The van der Waals surface area contributed by atoms with Crippen LogP contribution in [0.3, 0.4) is 0 Å². The largest absolute Gasteiger partial charge is 0.497 e. The van der Waals surface area contributed by atoms with Crippen molar-refractivity contribution in [1.82, 2.24) is 0 Å². The number of carbonyl (C=O) groups is 4. The molecule has 2 amide bonds. The molecular weight excluding hydrogens is 500 g/mol. The molecule has 9 nitrogen and oxygen atoms in total. The smallest absolute Gasteiger partial charge is 0.343 e. The van der Waals surface area contributed by atoms with E-state index >= 15 is 0 Å². The lowest BCUT2D eigenvalue weighted by atomic mass is 10.1. The van der Waals surface area contributed by atoms with Crippen molar-refractivity contribution in [3.8, 4) is 11.5 Å². The SMILES string of the molecule is CCOC(=O)c1ccccc1N1C(=O)C(Cl)=C(Nc2ccc(C(=O)Oc3ccc(OC)cc3)cc2)C1=O. The fraction of sp³-hybridized carbons (Fsp3) is 0.111.